The first-order valence-electron chi connectivity index (χ1n) is 12.0. The monoisotopic (exact) mass is 464 g/mol. The number of alkyl carbamates (subject to hydrolysis) is 1. The fraction of sp³-hybridized carbons (Fsp3) is 0.444. The van der Waals surface area contributed by atoms with Gasteiger partial charge in [0, 0.05) is 24.9 Å². The Bertz CT molecular complexity index is 1010. The maximum Gasteiger partial charge on any atom is 0.407 e. The van der Waals surface area contributed by atoms with Crippen LogP contribution < -0.4 is 10.6 Å². The van der Waals surface area contributed by atoms with Crippen LogP contribution in [0.5, 0.6) is 0 Å². The van der Waals surface area contributed by atoms with Crippen LogP contribution in [0.2, 0.25) is 0 Å². The van der Waals surface area contributed by atoms with Crippen LogP contribution in [0.3, 0.4) is 0 Å². The lowest BCUT2D eigenvalue weighted by atomic mass is 9.98. The van der Waals surface area contributed by atoms with E-state index in [9.17, 15) is 14.4 Å². The van der Waals surface area contributed by atoms with Crippen molar-refractivity contribution in [3.05, 3.63) is 59.7 Å². The highest BCUT2D eigenvalue weighted by Gasteiger charge is 2.31. The van der Waals surface area contributed by atoms with E-state index in [0.717, 1.165) is 0 Å². The van der Waals surface area contributed by atoms with Gasteiger partial charge in [-0.25, -0.2) is 4.79 Å². The molecule has 0 radical (unpaired) electrons. The molecule has 2 aromatic carbocycles. The number of carboxylic acids is 1. The minimum Gasteiger partial charge on any atom is -0.481 e. The van der Waals surface area contributed by atoms with E-state index >= 15 is 0 Å². The second-order valence-corrected chi connectivity index (χ2v) is 9.46. The van der Waals surface area contributed by atoms with E-state index in [1.807, 2.05) is 31.2 Å². The SMILES string of the molecule is CC(CCC(=O)NC1CCC(C(=O)O)C1)CNC(=O)OCC1c2ccccc2-c2ccccc21. The van der Waals surface area contributed by atoms with Crippen molar-refractivity contribution in [3.63, 3.8) is 0 Å². The van der Waals surface area contributed by atoms with Crippen molar-refractivity contribution in [2.45, 2.75) is 51.0 Å². The van der Waals surface area contributed by atoms with E-state index in [0.29, 0.717) is 38.6 Å². The summed E-state index contributed by atoms with van der Waals surface area (Å²) in [5.74, 6) is -1.07. The highest BCUT2D eigenvalue weighted by molar-refractivity contribution is 5.79. The Morgan fingerprint density at radius 1 is 1.03 bits per heavy atom. The normalized spacial score (nSPS) is 19.7. The van der Waals surface area contributed by atoms with Crippen molar-refractivity contribution in [1.82, 2.24) is 10.6 Å². The van der Waals surface area contributed by atoms with Crippen molar-refractivity contribution < 1.29 is 24.2 Å². The lowest BCUT2D eigenvalue weighted by molar-refractivity contribution is -0.141. The molecule has 0 bridgehead atoms. The van der Waals surface area contributed by atoms with Crippen molar-refractivity contribution in [3.8, 4) is 11.1 Å². The average molecular weight is 465 g/mol. The molecule has 0 spiro atoms. The summed E-state index contributed by atoms with van der Waals surface area (Å²) in [5.41, 5.74) is 4.73. The second-order valence-electron chi connectivity index (χ2n) is 9.46. The zero-order valence-corrected chi connectivity index (χ0v) is 19.5. The molecule has 0 saturated heterocycles. The Balaban J connectivity index is 1.17. The standard InChI is InChI=1S/C27H32N2O5/c1-17(10-13-25(30)29-19-12-11-18(14-19)26(31)32)15-28-27(33)34-16-24-22-8-4-2-6-20(22)21-7-3-5-9-23(21)24/h2-9,17-19,24H,10-16H2,1H3,(H,28,33)(H,29,30)(H,31,32). The molecule has 2 aliphatic rings. The minimum absolute atomic E-state index is 0.0237. The van der Waals surface area contributed by atoms with Crippen LogP contribution in [0.25, 0.3) is 11.1 Å². The van der Waals surface area contributed by atoms with Gasteiger partial charge in [-0.2, -0.15) is 0 Å². The van der Waals surface area contributed by atoms with E-state index in [4.69, 9.17) is 9.84 Å². The number of carboxylic acid groups (broad SMARTS) is 1. The molecule has 180 valence electrons. The van der Waals surface area contributed by atoms with E-state index in [1.165, 1.54) is 22.3 Å². The fourth-order valence-corrected chi connectivity index (χ4v) is 5.02. The zero-order chi connectivity index (χ0) is 24.1. The molecule has 1 fully saturated rings. The molecular weight excluding hydrogens is 432 g/mol. The number of nitrogens with one attached hydrogen (secondary N) is 2. The van der Waals surface area contributed by atoms with Crippen LogP contribution in [0.1, 0.15) is 56.1 Å². The van der Waals surface area contributed by atoms with Gasteiger partial charge in [0.05, 0.1) is 5.92 Å². The summed E-state index contributed by atoms with van der Waals surface area (Å²) < 4.78 is 5.56. The summed E-state index contributed by atoms with van der Waals surface area (Å²) >= 11 is 0. The molecule has 0 aromatic heterocycles. The number of fused-ring (bicyclic) bond motifs is 3. The molecule has 0 heterocycles. The molecule has 7 heteroatoms. The molecule has 34 heavy (non-hydrogen) atoms. The molecule has 1 saturated carbocycles. The molecule has 3 unspecified atom stereocenters. The van der Waals surface area contributed by atoms with E-state index in [2.05, 4.69) is 34.9 Å². The van der Waals surface area contributed by atoms with Gasteiger partial charge >= 0.3 is 12.1 Å². The third kappa shape index (κ3) is 5.58. The summed E-state index contributed by atoms with van der Waals surface area (Å²) in [6.45, 7) is 2.68. The summed E-state index contributed by atoms with van der Waals surface area (Å²) in [4.78, 5) is 35.6. The molecule has 2 aliphatic carbocycles. The molecule has 0 aliphatic heterocycles. The lowest BCUT2D eigenvalue weighted by Gasteiger charge is -2.17. The number of carbonyl (C=O) groups excluding carboxylic acids is 2. The smallest absolute Gasteiger partial charge is 0.407 e. The first-order chi connectivity index (χ1) is 16.4. The number of carbonyl (C=O) groups is 3. The van der Waals surface area contributed by atoms with Gasteiger partial charge in [0.15, 0.2) is 0 Å². The second kappa shape index (κ2) is 10.7. The fourth-order valence-electron chi connectivity index (χ4n) is 5.02. The molecule has 7 nitrogen and oxygen atoms in total. The van der Waals surface area contributed by atoms with Crippen molar-refractivity contribution in [2.75, 3.05) is 13.2 Å². The van der Waals surface area contributed by atoms with Gasteiger partial charge in [-0.1, -0.05) is 55.5 Å². The highest BCUT2D eigenvalue weighted by Crippen LogP contribution is 2.44. The number of amides is 2. The van der Waals surface area contributed by atoms with E-state index in [-0.39, 0.29) is 36.3 Å². The first kappa shape index (κ1) is 23.8. The zero-order valence-electron chi connectivity index (χ0n) is 19.5. The Morgan fingerprint density at radius 2 is 1.68 bits per heavy atom. The molecule has 2 aromatic rings. The van der Waals surface area contributed by atoms with E-state index < -0.39 is 12.1 Å². The third-order valence-corrected chi connectivity index (χ3v) is 6.95. The number of rotatable bonds is 9. The van der Waals surface area contributed by atoms with Gasteiger partial charge in [-0.15, -0.1) is 0 Å². The Kier molecular flexibility index (Phi) is 7.50. The van der Waals surface area contributed by atoms with Crippen LogP contribution in [0, 0.1) is 11.8 Å². The number of aliphatic carboxylic acids is 1. The molecular formula is C27H32N2O5. The van der Waals surface area contributed by atoms with Crippen LogP contribution in [0.15, 0.2) is 48.5 Å². The van der Waals surface area contributed by atoms with Crippen molar-refractivity contribution in [2.24, 2.45) is 11.8 Å². The van der Waals surface area contributed by atoms with Crippen LogP contribution >= 0.6 is 0 Å². The minimum atomic E-state index is -0.787. The molecule has 3 atom stereocenters. The van der Waals surface area contributed by atoms with Gasteiger partial charge in [-0.05, 0) is 53.9 Å². The number of benzene rings is 2. The maximum absolute atomic E-state index is 12.3. The highest BCUT2D eigenvalue weighted by atomic mass is 16.5. The lowest BCUT2D eigenvalue weighted by Crippen LogP contribution is -2.34. The molecule has 4 rings (SSSR count). The molecule has 2 amide bonds. The predicted molar refractivity (Wildman–Crippen MR) is 128 cm³/mol. The number of hydrogen-bond acceptors (Lipinski definition) is 4. The maximum atomic E-state index is 12.3. The summed E-state index contributed by atoms with van der Waals surface area (Å²) in [5, 5.41) is 14.8. The summed E-state index contributed by atoms with van der Waals surface area (Å²) in [6, 6.07) is 16.4. The third-order valence-electron chi connectivity index (χ3n) is 6.95. The Hall–Kier alpha value is -3.35. The predicted octanol–water partition coefficient (Wildman–Crippen LogP) is 4.31. The Morgan fingerprint density at radius 3 is 2.29 bits per heavy atom. The van der Waals surface area contributed by atoms with Crippen LogP contribution in [-0.2, 0) is 14.3 Å². The average Bonchev–Trinajstić information content (AvgIpc) is 3.43. The van der Waals surface area contributed by atoms with Crippen molar-refractivity contribution >= 4 is 18.0 Å². The van der Waals surface area contributed by atoms with Gasteiger partial charge in [0.1, 0.15) is 6.61 Å². The largest absolute Gasteiger partial charge is 0.481 e. The topological polar surface area (TPSA) is 105 Å². The van der Waals surface area contributed by atoms with Gasteiger partial charge < -0.3 is 20.5 Å². The molecule has 3 N–H and O–H groups in total. The van der Waals surface area contributed by atoms with E-state index in [1.54, 1.807) is 0 Å². The van der Waals surface area contributed by atoms with Gasteiger partial charge in [0.2, 0.25) is 5.91 Å². The number of hydrogen-bond donors (Lipinski definition) is 3. The van der Waals surface area contributed by atoms with Crippen LogP contribution in [0.4, 0.5) is 4.79 Å². The number of ether oxygens (including phenoxy) is 1. The summed E-state index contributed by atoms with van der Waals surface area (Å²) in [6.07, 6.45) is 2.35. The van der Waals surface area contributed by atoms with Crippen LogP contribution in [-0.4, -0.2) is 42.3 Å². The van der Waals surface area contributed by atoms with Gasteiger partial charge in [0.25, 0.3) is 0 Å². The summed E-state index contributed by atoms with van der Waals surface area (Å²) in [7, 11) is 0. The Labute approximate surface area is 199 Å². The van der Waals surface area contributed by atoms with Gasteiger partial charge in [-0.3, -0.25) is 9.59 Å². The quantitative estimate of drug-likeness (QED) is 0.513. The van der Waals surface area contributed by atoms with Crippen molar-refractivity contribution in [1.29, 1.82) is 0 Å². The first-order valence-corrected chi connectivity index (χ1v) is 12.0.